The van der Waals surface area contributed by atoms with Crippen LogP contribution in [0.4, 0.5) is 4.79 Å². The Morgan fingerprint density at radius 3 is 2.63 bits per heavy atom. The highest BCUT2D eigenvalue weighted by Crippen LogP contribution is 2.13. The molecule has 2 N–H and O–H groups in total. The van der Waals surface area contributed by atoms with E-state index in [1.165, 1.54) is 0 Å². The van der Waals surface area contributed by atoms with Crippen molar-refractivity contribution >= 4 is 23.4 Å². The van der Waals surface area contributed by atoms with Crippen LogP contribution in [0.2, 0.25) is 0 Å². The van der Waals surface area contributed by atoms with Crippen molar-refractivity contribution in [1.82, 2.24) is 5.32 Å². The van der Waals surface area contributed by atoms with Crippen LogP contribution in [0.5, 0.6) is 0 Å². The fraction of sp³-hybridized carbons (Fsp3) is 0.538. The third-order valence-corrected chi connectivity index (χ3v) is 3.18. The van der Waals surface area contributed by atoms with E-state index in [9.17, 15) is 9.59 Å². The summed E-state index contributed by atoms with van der Waals surface area (Å²) in [5.74, 6) is -1.05. The average molecular weight is 285 g/mol. The smallest absolute Gasteiger partial charge is 0.408 e. The van der Waals surface area contributed by atoms with Crippen LogP contribution in [0.15, 0.2) is 17.5 Å². The molecule has 0 radical (unpaired) electrons. The van der Waals surface area contributed by atoms with Gasteiger partial charge in [-0.2, -0.15) is 0 Å². The Balaban J connectivity index is 2.49. The maximum Gasteiger partial charge on any atom is 0.408 e. The van der Waals surface area contributed by atoms with Gasteiger partial charge in [0.05, 0.1) is 0 Å². The Morgan fingerprint density at radius 2 is 2.16 bits per heavy atom. The van der Waals surface area contributed by atoms with Crippen LogP contribution in [0.3, 0.4) is 0 Å². The Kier molecular flexibility index (Phi) is 5.35. The van der Waals surface area contributed by atoms with Gasteiger partial charge in [0.2, 0.25) is 0 Å². The second-order valence-electron chi connectivity index (χ2n) is 5.16. The molecule has 0 unspecified atom stereocenters. The summed E-state index contributed by atoms with van der Waals surface area (Å²) in [5.41, 5.74) is -0.638. The number of hydrogen-bond donors (Lipinski definition) is 2. The van der Waals surface area contributed by atoms with Gasteiger partial charge in [0.25, 0.3) is 0 Å². The van der Waals surface area contributed by atoms with Crippen LogP contribution in [-0.2, 0) is 16.0 Å². The first-order chi connectivity index (χ1) is 8.78. The van der Waals surface area contributed by atoms with Crippen LogP contribution in [0.1, 0.15) is 32.1 Å². The van der Waals surface area contributed by atoms with E-state index in [0.717, 1.165) is 4.88 Å². The normalized spacial score (nSPS) is 12.8. The topological polar surface area (TPSA) is 75.6 Å². The molecule has 0 fully saturated rings. The van der Waals surface area contributed by atoms with Gasteiger partial charge in [0, 0.05) is 4.88 Å². The van der Waals surface area contributed by atoms with E-state index in [1.807, 2.05) is 17.5 Å². The Morgan fingerprint density at radius 1 is 1.47 bits per heavy atom. The third kappa shape index (κ3) is 6.24. The van der Waals surface area contributed by atoms with Gasteiger partial charge in [0.15, 0.2) is 0 Å². The molecular formula is C13H19NO4S. The van der Waals surface area contributed by atoms with Gasteiger partial charge in [-0.05, 0) is 45.1 Å². The lowest BCUT2D eigenvalue weighted by molar-refractivity contribution is -0.139. The molecule has 6 heteroatoms. The van der Waals surface area contributed by atoms with Crippen molar-refractivity contribution in [2.75, 3.05) is 0 Å². The van der Waals surface area contributed by atoms with Crippen molar-refractivity contribution in [2.24, 2.45) is 0 Å². The number of amides is 1. The molecule has 0 saturated heterocycles. The molecular weight excluding hydrogens is 266 g/mol. The van der Waals surface area contributed by atoms with Crippen molar-refractivity contribution in [3.63, 3.8) is 0 Å². The number of carboxylic acid groups (broad SMARTS) is 1. The van der Waals surface area contributed by atoms with Gasteiger partial charge in [-0.1, -0.05) is 6.07 Å². The first-order valence-corrected chi connectivity index (χ1v) is 6.90. The fourth-order valence-corrected chi connectivity index (χ4v) is 2.17. The van der Waals surface area contributed by atoms with E-state index in [1.54, 1.807) is 32.1 Å². The maximum absolute atomic E-state index is 11.5. The molecule has 1 amide bonds. The number of alkyl carbamates (subject to hydrolysis) is 1. The van der Waals surface area contributed by atoms with Crippen LogP contribution < -0.4 is 5.32 Å². The highest BCUT2D eigenvalue weighted by molar-refractivity contribution is 7.09. The highest BCUT2D eigenvalue weighted by atomic mass is 32.1. The summed E-state index contributed by atoms with van der Waals surface area (Å²) in [6.45, 7) is 5.19. The Bertz CT molecular complexity index is 422. The molecule has 1 aromatic heterocycles. The van der Waals surface area contributed by atoms with Crippen molar-refractivity contribution in [1.29, 1.82) is 0 Å². The second kappa shape index (κ2) is 6.56. The van der Waals surface area contributed by atoms with Gasteiger partial charge < -0.3 is 15.2 Å². The summed E-state index contributed by atoms with van der Waals surface area (Å²) in [4.78, 5) is 23.7. The number of carbonyl (C=O) groups is 2. The summed E-state index contributed by atoms with van der Waals surface area (Å²) in [6, 6.07) is 2.92. The number of rotatable bonds is 5. The van der Waals surface area contributed by atoms with Crippen LogP contribution in [0, 0.1) is 0 Å². The van der Waals surface area contributed by atoms with Crippen molar-refractivity contribution in [3.8, 4) is 0 Å². The number of thiophene rings is 1. The van der Waals surface area contributed by atoms with Gasteiger partial charge in [0.1, 0.15) is 11.6 Å². The lowest BCUT2D eigenvalue weighted by atomic mass is 10.1. The number of carbonyl (C=O) groups excluding carboxylic acids is 1. The minimum Gasteiger partial charge on any atom is -0.480 e. The number of carboxylic acids is 1. The molecule has 0 aliphatic heterocycles. The quantitative estimate of drug-likeness (QED) is 0.872. The number of nitrogens with one attached hydrogen (secondary N) is 1. The minimum absolute atomic E-state index is 0.342. The zero-order chi connectivity index (χ0) is 14.5. The van der Waals surface area contributed by atoms with Crippen molar-refractivity contribution < 1.29 is 19.4 Å². The molecule has 0 aliphatic rings. The first-order valence-electron chi connectivity index (χ1n) is 6.02. The van der Waals surface area contributed by atoms with Crippen LogP contribution in [-0.4, -0.2) is 28.8 Å². The SMILES string of the molecule is CC(C)(C)OC(=O)N[C@H](CCc1cccs1)C(=O)O. The van der Waals surface area contributed by atoms with Gasteiger partial charge in [-0.15, -0.1) is 11.3 Å². The molecule has 5 nitrogen and oxygen atoms in total. The van der Waals surface area contributed by atoms with Gasteiger partial charge in [-0.3, -0.25) is 0 Å². The molecule has 1 heterocycles. The summed E-state index contributed by atoms with van der Waals surface area (Å²) in [5, 5.41) is 13.4. The lowest BCUT2D eigenvalue weighted by Gasteiger charge is -2.21. The second-order valence-corrected chi connectivity index (χ2v) is 6.19. The maximum atomic E-state index is 11.5. The van der Waals surface area contributed by atoms with E-state index >= 15 is 0 Å². The first kappa shape index (κ1) is 15.5. The Hall–Kier alpha value is -1.56. The zero-order valence-electron chi connectivity index (χ0n) is 11.3. The molecule has 0 aromatic carbocycles. The highest BCUT2D eigenvalue weighted by Gasteiger charge is 2.23. The summed E-state index contributed by atoms with van der Waals surface area (Å²) < 4.78 is 5.04. The number of aryl methyl sites for hydroxylation is 1. The van der Waals surface area contributed by atoms with E-state index in [4.69, 9.17) is 9.84 Å². The lowest BCUT2D eigenvalue weighted by Crippen LogP contribution is -2.43. The monoisotopic (exact) mass is 285 g/mol. The van der Waals surface area contributed by atoms with Gasteiger partial charge in [-0.25, -0.2) is 9.59 Å². The number of aliphatic carboxylic acids is 1. The van der Waals surface area contributed by atoms with Crippen LogP contribution in [0.25, 0.3) is 0 Å². The minimum atomic E-state index is -1.05. The van der Waals surface area contributed by atoms with Crippen molar-refractivity contribution in [2.45, 2.75) is 45.3 Å². The van der Waals surface area contributed by atoms with E-state index < -0.39 is 23.7 Å². The molecule has 0 spiro atoms. The zero-order valence-corrected chi connectivity index (χ0v) is 12.1. The summed E-state index contributed by atoms with van der Waals surface area (Å²) >= 11 is 1.57. The molecule has 1 atom stereocenters. The third-order valence-electron chi connectivity index (χ3n) is 2.25. The molecule has 106 valence electrons. The average Bonchev–Trinajstić information content (AvgIpc) is 2.73. The van der Waals surface area contributed by atoms with Gasteiger partial charge >= 0.3 is 12.1 Å². The molecule has 0 bridgehead atoms. The van der Waals surface area contributed by atoms with Crippen molar-refractivity contribution in [3.05, 3.63) is 22.4 Å². The molecule has 0 aliphatic carbocycles. The molecule has 19 heavy (non-hydrogen) atoms. The fourth-order valence-electron chi connectivity index (χ4n) is 1.45. The molecule has 0 saturated carbocycles. The summed E-state index contributed by atoms with van der Waals surface area (Å²) in [6.07, 6.45) is 0.255. The number of hydrogen-bond acceptors (Lipinski definition) is 4. The van der Waals surface area contributed by atoms with Crippen LogP contribution >= 0.6 is 11.3 Å². The molecule has 1 aromatic rings. The Labute approximate surface area is 116 Å². The largest absolute Gasteiger partial charge is 0.480 e. The number of ether oxygens (including phenoxy) is 1. The summed E-state index contributed by atoms with van der Waals surface area (Å²) in [7, 11) is 0. The van der Waals surface area contributed by atoms with E-state index in [0.29, 0.717) is 12.8 Å². The predicted octanol–water partition coefficient (Wildman–Crippen LogP) is 2.66. The van der Waals surface area contributed by atoms with E-state index in [2.05, 4.69) is 5.32 Å². The predicted molar refractivity (Wildman–Crippen MR) is 73.4 cm³/mol. The molecule has 1 rings (SSSR count). The standard InChI is InChI=1S/C13H19NO4S/c1-13(2,3)18-12(17)14-10(11(15)16)7-6-9-5-4-8-19-9/h4-5,8,10H,6-7H2,1-3H3,(H,14,17)(H,15,16)/t10-/m1/s1. The van der Waals surface area contributed by atoms with E-state index in [-0.39, 0.29) is 0 Å².